The van der Waals surface area contributed by atoms with Gasteiger partial charge in [0.15, 0.2) is 11.5 Å². The molecule has 4 nitrogen and oxygen atoms in total. The Balaban J connectivity index is 0.00000225. The third kappa shape index (κ3) is 3.97. The summed E-state index contributed by atoms with van der Waals surface area (Å²) in [6.45, 7) is -0.104. The normalized spacial score (nSPS) is 11.8. The Morgan fingerprint density at radius 1 is 1.50 bits per heavy atom. The summed E-state index contributed by atoms with van der Waals surface area (Å²) >= 11 is 2.14. The summed E-state index contributed by atoms with van der Waals surface area (Å²) < 4.78 is 5.98. The number of nitrogens with two attached hydrogens (primary N) is 1. The van der Waals surface area contributed by atoms with Crippen LogP contribution in [0.2, 0.25) is 0 Å². The molecule has 0 bridgehead atoms. The smallest absolute Gasteiger partial charge is 0.161 e. The lowest BCUT2D eigenvalue weighted by atomic mass is 10.1. The van der Waals surface area contributed by atoms with Gasteiger partial charge in [-0.25, -0.2) is 0 Å². The van der Waals surface area contributed by atoms with Crippen LogP contribution < -0.4 is 10.5 Å². The molecule has 92 valence electrons. The molecule has 0 saturated heterocycles. The Kier molecular flexibility index (Phi) is 7.05. The molecule has 0 aliphatic rings. The highest BCUT2D eigenvalue weighted by molar-refractivity contribution is 14.1. The van der Waals surface area contributed by atoms with Crippen molar-refractivity contribution in [2.24, 2.45) is 5.73 Å². The fraction of sp³-hybridized carbons (Fsp3) is 0.400. The molecule has 0 heterocycles. The Hall–Kier alpha value is -0.240. The number of benzene rings is 1. The van der Waals surface area contributed by atoms with E-state index in [1.807, 2.05) is 6.07 Å². The average molecular weight is 360 g/mol. The van der Waals surface area contributed by atoms with Gasteiger partial charge in [0.2, 0.25) is 0 Å². The SMILES string of the molecule is COc1cc(I)cc(CC(N)CO)c1O.Cl. The largest absolute Gasteiger partial charge is 0.504 e. The van der Waals surface area contributed by atoms with Gasteiger partial charge in [0.1, 0.15) is 0 Å². The van der Waals surface area contributed by atoms with Crippen molar-refractivity contribution in [2.45, 2.75) is 12.5 Å². The van der Waals surface area contributed by atoms with Gasteiger partial charge in [-0.2, -0.15) is 0 Å². The molecular formula is C10H15ClINO3. The molecule has 0 fully saturated rings. The van der Waals surface area contributed by atoms with Gasteiger partial charge in [0.25, 0.3) is 0 Å². The predicted octanol–water partition coefficient (Wildman–Crippen LogP) is 1.29. The van der Waals surface area contributed by atoms with Crippen molar-refractivity contribution < 1.29 is 14.9 Å². The molecule has 4 N–H and O–H groups in total. The molecule has 1 unspecified atom stereocenters. The van der Waals surface area contributed by atoms with Gasteiger partial charge >= 0.3 is 0 Å². The summed E-state index contributed by atoms with van der Waals surface area (Å²) in [5.41, 5.74) is 6.31. The lowest BCUT2D eigenvalue weighted by Crippen LogP contribution is -2.26. The molecule has 0 aliphatic carbocycles. The number of halogens is 2. The van der Waals surface area contributed by atoms with Gasteiger partial charge in [-0.15, -0.1) is 12.4 Å². The Morgan fingerprint density at radius 3 is 2.62 bits per heavy atom. The molecule has 6 heteroatoms. The minimum Gasteiger partial charge on any atom is -0.504 e. The van der Waals surface area contributed by atoms with Crippen LogP contribution in [0.1, 0.15) is 5.56 Å². The van der Waals surface area contributed by atoms with Crippen LogP contribution in [0.3, 0.4) is 0 Å². The number of hydrogen-bond acceptors (Lipinski definition) is 4. The average Bonchev–Trinajstić information content (AvgIpc) is 2.22. The van der Waals surface area contributed by atoms with Crippen LogP contribution in [0, 0.1) is 3.57 Å². The third-order valence-electron chi connectivity index (χ3n) is 2.06. The zero-order valence-electron chi connectivity index (χ0n) is 8.81. The highest BCUT2D eigenvalue weighted by Gasteiger charge is 2.12. The fourth-order valence-corrected chi connectivity index (χ4v) is 1.95. The molecule has 1 aromatic carbocycles. The molecule has 1 rings (SSSR count). The second-order valence-corrected chi connectivity index (χ2v) is 4.51. The number of ether oxygens (including phenoxy) is 1. The van der Waals surface area contributed by atoms with Gasteiger partial charge in [0.05, 0.1) is 13.7 Å². The Bertz CT molecular complexity index is 349. The third-order valence-corrected chi connectivity index (χ3v) is 2.68. The van der Waals surface area contributed by atoms with Crippen LogP contribution in [-0.2, 0) is 6.42 Å². The van der Waals surface area contributed by atoms with Gasteiger partial charge < -0.3 is 20.7 Å². The van der Waals surface area contributed by atoms with Crippen molar-refractivity contribution in [3.8, 4) is 11.5 Å². The molecule has 1 aromatic rings. The second-order valence-electron chi connectivity index (χ2n) is 3.26. The second kappa shape index (κ2) is 7.16. The molecule has 0 amide bonds. The molecule has 16 heavy (non-hydrogen) atoms. The highest BCUT2D eigenvalue weighted by Crippen LogP contribution is 2.32. The van der Waals surface area contributed by atoms with Crippen molar-refractivity contribution in [2.75, 3.05) is 13.7 Å². The van der Waals surface area contributed by atoms with Crippen LogP contribution >= 0.6 is 35.0 Å². The van der Waals surface area contributed by atoms with E-state index in [2.05, 4.69) is 22.6 Å². The summed E-state index contributed by atoms with van der Waals surface area (Å²) in [6.07, 6.45) is 0.426. The number of methoxy groups -OCH3 is 1. The van der Waals surface area contributed by atoms with E-state index < -0.39 is 0 Å². The first-order valence-corrected chi connectivity index (χ1v) is 5.58. The van der Waals surface area contributed by atoms with Crippen LogP contribution in [0.25, 0.3) is 0 Å². The zero-order valence-corrected chi connectivity index (χ0v) is 11.8. The summed E-state index contributed by atoms with van der Waals surface area (Å²) in [5.74, 6) is 0.531. The standard InChI is InChI=1S/C10H14INO3.ClH/c1-15-9-4-7(11)2-6(10(9)14)3-8(12)5-13;/h2,4,8,13-14H,3,5,12H2,1H3;1H. The topological polar surface area (TPSA) is 75.7 Å². The molecule has 0 spiro atoms. The summed E-state index contributed by atoms with van der Waals surface area (Å²) in [5, 5.41) is 18.6. The summed E-state index contributed by atoms with van der Waals surface area (Å²) in [7, 11) is 1.50. The number of hydrogen-bond donors (Lipinski definition) is 3. The van der Waals surface area contributed by atoms with E-state index in [1.165, 1.54) is 7.11 Å². The van der Waals surface area contributed by atoms with Crippen molar-refractivity contribution in [1.82, 2.24) is 0 Å². The van der Waals surface area contributed by atoms with E-state index in [0.717, 1.165) is 3.57 Å². The van der Waals surface area contributed by atoms with Crippen molar-refractivity contribution >= 4 is 35.0 Å². The van der Waals surface area contributed by atoms with Crippen molar-refractivity contribution in [1.29, 1.82) is 0 Å². The predicted molar refractivity (Wildman–Crippen MR) is 73.4 cm³/mol. The molecule has 1 atom stereocenters. The van der Waals surface area contributed by atoms with E-state index in [9.17, 15) is 5.11 Å². The highest BCUT2D eigenvalue weighted by atomic mass is 127. The van der Waals surface area contributed by atoms with Gasteiger partial charge in [0, 0.05) is 15.2 Å². The molecule has 0 aromatic heterocycles. The van der Waals surface area contributed by atoms with E-state index in [0.29, 0.717) is 17.7 Å². The fourth-order valence-electron chi connectivity index (χ4n) is 1.29. The van der Waals surface area contributed by atoms with Gasteiger partial charge in [-0.1, -0.05) is 0 Å². The maximum absolute atomic E-state index is 9.79. The first-order valence-electron chi connectivity index (χ1n) is 4.50. The van der Waals surface area contributed by atoms with Gasteiger partial charge in [-0.3, -0.25) is 0 Å². The minimum atomic E-state index is -0.362. The monoisotopic (exact) mass is 359 g/mol. The molecular weight excluding hydrogens is 344 g/mol. The van der Waals surface area contributed by atoms with Crippen LogP contribution in [0.15, 0.2) is 12.1 Å². The number of rotatable bonds is 4. The minimum absolute atomic E-state index is 0. The van der Waals surface area contributed by atoms with E-state index in [4.69, 9.17) is 15.6 Å². The number of aliphatic hydroxyl groups is 1. The van der Waals surface area contributed by atoms with E-state index >= 15 is 0 Å². The lowest BCUT2D eigenvalue weighted by Gasteiger charge is -2.12. The number of aliphatic hydroxyl groups excluding tert-OH is 1. The number of aromatic hydroxyl groups is 1. The summed E-state index contributed by atoms with van der Waals surface area (Å²) in [4.78, 5) is 0. The number of phenolic OH excluding ortho intramolecular Hbond substituents is 1. The quantitative estimate of drug-likeness (QED) is 0.708. The van der Waals surface area contributed by atoms with Crippen LogP contribution in [-0.4, -0.2) is 30.0 Å². The van der Waals surface area contributed by atoms with Crippen LogP contribution in [0.5, 0.6) is 11.5 Å². The lowest BCUT2D eigenvalue weighted by molar-refractivity contribution is 0.264. The molecule has 0 radical (unpaired) electrons. The van der Waals surface area contributed by atoms with E-state index in [-0.39, 0.29) is 30.8 Å². The molecule has 0 saturated carbocycles. The van der Waals surface area contributed by atoms with Crippen molar-refractivity contribution in [3.05, 3.63) is 21.3 Å². The first kappa shape index (κ1) is 15.8. The van der Waals surface area contributed by atoms with Crippen molar-refractivity contribution in [3.63, 3.8) is 0 Å². The molecule has 0 aliphatic heterocycles. The first-order chi connectivity index (χ1) is 7.08. The Morgan fingerprint density at radius 2 is 2.12 bits per heavy atom. The maximum Gasteiger partial charge on any atom is 0.161 e. The Labute approximate surface area is 114 Å². The maximum atomic E-state index is 9.79. The van der Waals surface area contributed by atoms with Gasteiger partial charge in [-0.05, 0) is 41.1 Å². The zero-order chi connectivity index (χ0) is 11.4. The van der Waals surface area contributed by atoms with E-state index in [1.54, 1.807) is 6.07 Å². The number of phenols is 1. The summed E-state index contributed by atoms with van der Waals surface area (Å²) in [6, 6.07) is 3.21. The van der Waals surface area contributed by atoms with Crippen LogP contribution in [0.4, 0.5) is 0 Å².